The number of piperidine rings is 1. The van der Waals surface area contributed by atoms with E-state index in [1.54, 1.807) is 12.3 Å². The van der Waals surface area contributed by atoms with E-state index in [0.717, 1.165) is 53.1 Å². The van der Waals surface area contributed by atoms with Crippen LogP contribution in [0.3, 0.4) is 0 Å². The van der Waals surface area contributed by atoms with Crippen LogP contribution in [0.5, 0.6) is 0 Å². The molecule has 1 aromatic heterocycles. The number of carbonyl (C=O) groups excluding carboxylic acids is 1. The zero-order valence-corrected chi connectivity index (χ0v) is 19.7. The highest BCUT2D eigenvalue weighted by molar-refractivity contribution is 5.99. The topological polar surface area (TPSA) is 83.0 Å². The summed E-state index contributed by atoms with van der Waals surface area (Å²) in [6, 6.07) is 20.7. The zero-order valence-electron chi connectivity index (χ0n) is 19.7. The van der Waals surface area contributed by atoms with E-state index in [0.29, 0.717) is 11.1 Å². The first-order valence-electron chi connectivity index (χ1n) is 12.3. The third kappa shape index (κ3) is 3.82. The van der Waals surface area contributed by atoms with Crippen molar-refractivity contribution >= 4 is 16.7 Å². The molecule has 0 saturated carbocycles. The summed E-state index contributed by atoms with van der Waals surface area (Å²) < 4.78 is 14.7. The number of nitrogens with zero attached hydrogens (tertiary/aromatic N) is 3. The molecule has 0 radical (unpaired) electrons. The quantitative estimate of drug-likeness (QED) is 0.413. The number of pyridine rings is 1. The van der Waals surface area contributed by atoms with Crippen LogP contribution < -0.4 is 5.73 Å². The van der Waals surface area contributed by atoms with E-state index in [4.69, 9.17) is 5.73 Å². The number of carbonyl (C=O) groups is 1. The SMILES string of the molecule is N#Cc1ccc(-c2cc(C(=O)N3[C@@H]4CC[C@H]3C[C@@H](N)C4)ccc2-c2ccc3cnccc3c2)cc1F. The fraction of sp³-hybridized carbons (Fsp3) is 0.233. The van der Waals surface area contributed by atoms with Crippen LogP contribution in [0.15, 0.2) is 73.1 Å². The molecule has 36 heavy (non-hydrogen) atoms. The van der Waals surface area contributed by atoms with E-state index in [-0.39, 0.29) is 29.6 Å². The molecule has 2 fully saturated rings. The van der Waals surface area contributed by atoms with Gasteiger partial charge in [-0.05, 0) is 89.7 Å². The van der Waals surface area contributed by atoms with Crippen LogP contribution >= 0.6 is 0 Å². The predicted octanol–water partition coefficient (Wildman–Crippen LogP) is 5.67. The molecule has 3 atom stereocenters. The van der Waals surface area contributed by atoms with Gasteiger partial charge in [0, 0.05) is 41.5 Å². The highest BCUT2D eigenvalue weighted by Gasteiger charge is 2.42. The van der Waals surface area contributed by atoms with Crippen molar-refractivity contribution in [2.45, 2.75) is 43.8 Å². The lowest BCUT2D eigenvalue weighted by molar-refractivity contribution is 0.0575. The Morgan fingerprint density at radius 2 is 1.69 bits per heavy atom. The Morgan fingerprint density at radius 3 is 2.44 bits per heavy atom. The smallest absolute Gasteiger partial charge is 0.254 e. The first kappa shape index (κ1) is 22.4. The van der Waals surface area contributed by atoms with Crippen LogP contribution in [0.25, 0.3) is 33.0 Å². The van der Waals surface area contributed by atoms with Crippen molar-refractivity contribution in [3.05, 3.63) is 90.0 Å². The predicted molar refractivity (Wildman–Crippen MR) is 137 cm³/mol. The number of amides is 1. The standard InChI is InChI=1S/C30H25FN4O/c31-29-13-20(1-3-22(29)16-32)28-12-21(30(36)35-25-6-7-26(35)15-24(33)14-25)5-8-27(28)19-2-4-23-17-34-10-9-18(23)11-19/h1-5,8-13,17,24-26H,6-7,14-15,33H2/t24-,25+,26-. The highest BCUT2D eigenvalue weighted by Crippen LogP contribution is 2.39. The van der Waals surface area contributed by atoms with Crippen LogP contribution in [0.4, 0.5) is 4.39 Å². The number of rotatable bonds is 3. The molecular formula is C30H25FN4O. The lowest BCUT2D eigenvalue weighted by Gasteiger charge is -2.38. The molecule has 2 saturated heterocycles. The van der Waals surface area contributed by atoms with Crippen LogP contribution in [-0.4, -0.2) is 33.9 Å². The second-order valence-corrected chi connectivity index (χ2v) is 9.83. The summed E-state index contributed by atoms with van der Waals surface area (Å²) in [7, 11) is 0. The lowest BCUT2D eigenvalue weighted by atomic mass is 9.90. The molecule has 4 aromatic rings. The van der Waals surface area contributed by atoms with Gasteiger partial charge in [-0.3, -0.25) is 9.78 Å². The Kier molecular flexibility index (Phi) is 5.50. The number of hydrogen-bond donors (Lipinski definition) is 1. The normalized spacial score (nSPS) is 20.9. The van der Waals surface area contributed by atoms with Crippen molar-refractivity contribution in [1.29, 1.82) is 5.26 Å². The van der Waals surface area contributed by atoms with E-state index >= 15 is 0 Å². The Labute approximate surface area is 209 Å². The second kappa shape index (κ2) is 8.85. The average molecular weight is 477 g/mol. The van der Waals surface area contributed by atoms with Crippen LogP contribution in [0.1, 0.15) is 41.6 Å². The number of nitrogens with two attached hydrogens (primary N) is 1. The van der Waals surface area contributed by atoms with E-state index in [2.05, 4.69) is 11.1 Å². The summed E-state index contributed by atoms with van der Waals surface area (Å²) in [5.41, 5.74) is 10.0. The number of hydrogen-bond acceptors (Lipinski definition) is 4. The molecule has 1 amide bonds. The Bertz CT molecular complexity index is 1530. The molecule has 0 unspecified atom stereocenters. The highest BCUT2D eigenvalue weighted by atomic mass is 19.1. The van der Waals surface area contributed by atoms with Crippen LogP contribution in [0, 0.1) is 17.1 Å². The summed E-state index contributed by atoms with van der Waals surface area (Å²) in [5.74, 6) is -0.578. The van der Waals surface area contributed by atoms with Gasteiger partial charge < -0.3 is 10.6 Å². The molecule has 2 bridgehead atoms. The Balaban J connectivity index is 1.47. The largest absolute Gasteiger partial charge is 0.333 e. The van der Waals surface area contributed by atoms with Gasteiger partial charge in [0.1, 0.15) is 11.9 Å². The summed E-state index contributed by atoms with van der Waals surface area (Å²) in [6.07, 6.45) is 7.21. The van der Waals surface area contributed by atoms with Crippen molar-refractivity contribution in [3.63, 3.8) is 0 Å². The minimum Gasteiger partial charge on any atom is -0.333 e. The molecule has 6 rings (SSSR count). The fourth-order valence-electron chi connectivity index (χ4n) is 5.89. The summed E-state index contributed by atoms with van der Waals surface area (Å²) in [5, 5.41) is 11.3. The summed E-state index contributed by atoms with van der Waals surface area (Å²) >= 11 is 0. The molecular weight excluding hydrogens is 451 g/mol. The molecule has 2 N–H and O–H groups in total. The summed E-state index contributed by atoms with van der Waals surface area (Å²) in [4.78, 5) is 19.9. The third-order valence-electron chi connectivity index (χ3n) is 7.62. The van der Waals surface area contributed by atoms with Gasteiger partial charge in [-0.15, -0.1) is 0 Å². The maximum absolute atomic E-state index is 14.7. The first-order chi connectivity index (χ1) is 17.5. The molecule has 5 nitrogen and oxygen atoms in total. The maximum atomic E-state index is 14.7. The number of nitriles is 1. The van der Waals surface area contributed by atoms with E-state index in [9.17, 15) is 14.4 Å². The maximum Gasteiger partial charge on any atom is 0.254 e. The molecule has 6 heteroatoms. The number of fused-ring (bicyclic) bond motifs is 3. The third-order valence-corrected chi connectivity index (χ3v) is 7.62. The number of halogens is 1. The number of benzene rings is 3. The minimum atomic E-state index is -0.578. The number of aromatic nitrogens is 1. The second-order valence-electron chi connectivity index (χ2n) is 9.83. The van der Waals surface area contributed by atoms with Gasteiger partial charge in [0.2, 0.25) is 0 Å². The molecule has 2 aliphatic rings. The van der Waals surface area contributed by atoms with Crippen molar-refractivity contribution in [3.8, 4) is 28.3 Å². The zero-order chi connectivity index (χ0) is 24.8. The first-order valence-corrected chi connectivity index (χ1v) is 12.3. The van der Waals surface area contributed by atoms with Crippen LogP contribution in [-0.2, 0) is 0 Å². The molecule has 2 aliphatic heterocycles. The van der Waals surface area contributed by atoms with Gasteiger partial charge in [-0.2, -0.15) is 5.26 Å². The fourth-order valence-corrected chi connectivity index (χ4v) is 5.89. The lowest BCUT2D eigenvalue weighted by Crippen LogP contribution is -2.50. The van der Waals surface area contributed by atoms with E-state index < -0.39 is 5.82 Å². The van der Waals surface area contributed by atoms with Crippen molar-refractivity contribution in [1.82, 2.24) is 9.88 Å². The average Bonchev–Trinajstić information content (AvgIpc) is 3.18. The van der Waals surface area contributed by atoms with Crippen molar-refractivity contribution in [2.75, 3.05) is 0 Å². The molecule has 3 heterocycles. The molecule has 0 aliphatic carbocycles. The monoisotopic (exact) mass is 476 g/mol. The van der Waals surface area contributed by atoms with Gasteiger partial charge >= 0.3 is 0 Å². The van der Waals surface area contributed by atoms with E-state index in [1.165, 1.54) is 12.1 Å². The van der Waals surface area contributed by atoms with Gasteiger partial charge in [-0.25, -0.2) is 4.39 Å². The Morgan fingerprint density at radius 1 is 0.944 bits per heavy atom. The molecule has 178 valence electrons. The summed E-state index contributed by atoms with van der Waals surface area (Å²) in [6.45, 7) is 0. The van der Waals surface area contributed by atoms with Crippen molar-refractivity contribution in [2.24, 2.45) is 5.73 Å². The van der Waals surface area contributed by atoms with Gasteiger partial charge in [0.05, 0.1) is 5.56 Å². The van der Waals surface area contributed by atoms with E-state index in [1.807, 2.05) is 53.6 Å². The molecule has 3 aromatic carbocycles. The van der Waals surface area contributed by atoms with Crippen molar-refractivity contribution < 1.29 is 9.18 Å². The Hall–Kier alpha value is -4.08. The van der Waals surface area contributed by atoms with Gasteiger partial charge in [0.15, 0.2) is 0 Å². The van der Waals surface area contributed by atoms with Gasteiger partial charge in [0.25, 0.3) is 5.91 Å². The molecule has 0 spiro atoms. The van der Waals surface area contributed by atoms with Crippen LogP contribution in [0.2, 0.25) is 0 Å². The minimum absolute atomic E-state index is 0.000836. The van der Waals surface area contributed by atoms with Gasteiger partial charge in [-0.1, -0.05) is 24.3 Å².